The van der Waals surface area contributed by atoms with Crippen molar-refractivity contribution in [2.45, 2.75) is 31.1 Å². The van der Waals surface area contributed by atoms with Gasteiger partial charge in [-0.3, -0.25) is 9.52 Å². The van der Waals surface area contributed by atoms with Gasteiger partial charge in [0.25, 0.3) is 15.9 Å². The molecule has 2 N–H and O–H groups in total. The molecule has 51 heavy (non-hydrogen) atoms. The fourth-order valence-electron chi connectivity index (χ4n) is 6.27. The Morgan fingerprint density at radius 2 is 1.61 bits per heavy atom. The van der Waals surface area contributed by atoms with E-state index in [1.165, 1.54) is 19.2 Å². The van der Waals surface area contributed by atoms with E-state index in [0.29, 0.717) is 33.3 Å². The molecular formula is C41H34BrN3O5S. The van der Waals surface area contributed by atoms with Gasteiger partial charge in [0.1, 0.15) is 22.1 Å². The topological polar surface area (TPSA) is 107 Å². The number of carbonyl (C=O) groups excluding carboxylic acids is 1. The van der Waals surface area contributed by atoms with Crippen LogP contribution < -0.4 is 19.5 Å². The molecule has 5 aromatic carbocycles. The van der Waals surface area contributed by atoms with Crippen LogP contribution >= 0.6 is 15.9 Å². The van der Waals surface area contributed by atoms with Crippen LogP contribution in [-0.4, -0.2) is 26.4 Å². The highest BCUT2D eigenvalue weighted by Gasteiger charge is 2.27. The summed E-state index contributed by atoms with van der Waals surface area (Å²) in [6.45, 7) is 1.88. The van der Waals surface area contributed by atoms with Crippen molar-refractivity contribution in [3.8, 4) is 17.2 Å². The molecule has 6 aromatic rings. The van der Waals surface area contributed by atoms with Gasteiger partial charge in [0.2, 0.25) is 0 Å². The Bertz CT molecular complexity index is 2410. The lowest BCUT2D eigenvalue weighted by molar-refractivity contribution is 0.102. The Hall–Kier alpha value is -5.45. The number of benzene rings is 5. The number of para-hydroxylation sites is 2. The van der Waals surface area contributed by atoms with Gasteiger partial charge in [0, 0.05) is 15.5 Å². The first-order valence-electron chi connectivity index (χ1n) is 16.4. The number of hydrogen-bond acceptors (Lipinski definition) is 6. The molecular weight excluding hydrogens is 726 g/mol. The summed E-state index contributed by atoms with van der Waals surface area (Å²) in [4.78, 5) is 19.2. The molecule has 10 heteroatoms. The number of ether oxygens (including phenoxy) is 2. The van der Waals surface area contributed by atoms with Gasteiger partial charge >= 0.3 is 0 Å². The third-order valence-electron chi connectivity index (χ3n) is 8.67. The van der Waals surface area contributed by atoms with Crippen molar-refractivity contribution in [3.05, 3.63) is 148 Å². The second-order valence-corrected chi connectivity index (χ2v) is 14.8. The number of halogens is 1. The molecule has 0 atom stereocenters. The normalized spacial score (nSPS) is 13.4. The summed E-state index contributed by atoms with van der Waals surface area (Å²) >= 11 is 3.42. The Morgan fingerprint density at radius 1 is 0.863 bits per heavy atom. The van der Waals surface area contributed by atoms with Gasteiger partial charge in [-0.2, -0.15) is 0 Å². The molecule has 1 aliphatic carbocycles. The number of sulfonamides is 1. The van der Waals surface area contributed by atoms with E-state index >= 15 is 0 Å². The first-order valence-corrected chi connectivity index (χ1v) is 18.7. The Balaban J connectivity index is 1.21. The largest absolute Gasteiger partial charge is 0.495 e. The number of allylic oxidation sites excluding steroid dienone is 1. The van der Waals surface area contributed by atoms with Crippen molar-refractivity contribution in [2.24, 2.45) is 0 Å². The van der Waals surface area contributed by atoms with Gasteiger partial charge in [-0.15, -0.1) is 0 Å². The summed E-state index contributed by atoms with van der Waals surface area (Å²) < 4.78 is 42.0. The Kier molecular flexibility index (Phi) is 9.62. The number of hydrogen-bond donors (Lipinski definition) is 2. The molecule has 0 aliphatic heterocycles. The molecule has 256 valence electrons. The molecule has 8 nitrogen and oxygen atoms in total. The third kappa shape index (κ3) is 7.38. The second kappa shape index (κ2) is 14.4. The molecule has 7 rings (SSSR count). The fourth-order valence-corrected chi connectivity index (χ4v) is 8.01. The van der Waals surface area contributed by atoms with E-state index in [9.17, 15) is 13.2 Å². The first-order chi connectivity index (χ1) is 24.7. The Morgan fingerprint density at radius 3 is 2.39 bits per heavy atom. The van der Waals surface area contributed by atoms with Crippen molar-refractivity contribution in [1.82, 2.24) is 4.98 Å². The molecule has 1 amide bonds. The number of pyridine rings is 1. The number of nitrogens with one attached hydrogen (secondary N) is 2. The number of methoxy groups -OCH3 is 1. The number of carbonyl (C=O) groups is 1. The predicted molar refractivity (Wildman–Crippen MR) is 206 cm³/mol. The quantitative estimate of drug-likeness (QED) is 0.152. The minimum absolute atomic E-state index is 0.108. The number of aromatic nitrogens is 1. The smallest absolute Gasteiger partial charge is 0.265 e. The maximum atomic E-state index is 14.3. The summed E-state index contributed by atoms with van der Waals surface area (Å²) in [5, 5.41) is 3.71. The number of nitrogens with zero attached hydrogens (tertiary/aromatic N) is 1. The number of amides is 1. The van der Waals surface area contributed by atoms with Crippen molar-refractivity contribution in [3.63, 3.8) is 0 Å². The van der Waals surface area contributed by atoms with Crippen LogP contribution in [0, 0.1) is 6.92 Å². The van der Waals surface area contributed by atoms with Crippen molar-refractivity contribution in [1.29, 1.82) is 0 Å². The van der Waals surface area contributed by atoms with Crippen molar-refractivity contribution in [2.75, 3.05) is 17.1 Å². The lowest BCUT2D eigenvalue weighted by Crippen LogP contribution is -2.19. The average molecular weight is 761 g/mol. The van der Waals surface area contributed by atoms with Crippen LogP contribution in [0.2, 0.25) is 0 Å². The molecule has 0 radical (unpaired) electrons. The van der Waals surface area contributed by atoms with Gasteiger partial charge in [0.05, 0.1) is 29.6 Å². The minimum Gasteiger partial charge on any atom is -0.495 e. The molecule has 0 fully saturated rings. The summed E-state index contributed by atoms with van der Waals surface area (Å²) in [5.41, 5.74) is 6.50. The van der Waals surface area contributed by atoms with Gasteiger partial charge in [-0.1, -0.05) is 54.6 Å². The molecule has 1 aliphatic rings. The monoisotopic (exact) mass is 759 g/mol. The van der Waals surface area contributed by atoms with Crippen LogP contribution in [0.25, 0.3) is 22.6 Å². The number of rotatable bonds is 9. The summed E-state index contributed by atoms with van der Waals surface area (Å²) in [7, 11) is -2.70. The molecule has 0 spiro atoms. The number of aryl methyl sites for hydroxylation is 1. The van der Waals surface area contributed by atoms with E-state index in [1.54, 1.807) is 18.2 Å². The van der Waals surface area contributed by atoms with Gasteiger partial charge in [-0.05, 0) is 131 Å². The number of fused-ring (bicyclic) bond motifs is 2. The van der Waals surface area contributed by atoms with Crippen LogP contribution in [0.5, 0.6) is 17.2 Å². The van der Waals surface area contributed by atoms with E-state index in [0.717, 1.165) is 57.7 Å². The summed E-state index contributed by atoms with van der Waals surface area (Å²) in [6, 6.07) is 35.1. The first kappa shape index (κ1) is 34.0. The lowest BCUT2D eigenvalue weighted by atomic mass is 9.85. The standard InChI is InChI=1S/C41H34BrN3O5S/c1-26-15-21-34(42)36(23-26)45-51(47,48)38-25-29(18-22-37(38)49-2)43-41(46)39-32-12-6-7-14-35(32)44-40-28(9-8-13-33(39)40)24-27-16-19-31(20-17-27)50-30-10-4-3-5-11-30/h3-7,10-12,14-25,45H,8-9,13H2,1-2H3,(H,43,46)/b28-24-. The van der Waals surface area contributed by atoms with Crippen LogP contribution in [0.15, 0.2) is 125 Å². The maximum absolute atomic E-state index is 14.3. The number of anilines is 2. The summed E-state index contributed by atoms with van der Waals surface area (Å²) in [6.07, 6.45) is 4.45. The molecule has 1 heterocycles. The molecule has 0 saturated carbocycles. The second-order valence-electron chi connectivity index (χ2n) is 12.2. The zero-order valence-corrected chi connectivity index (χ0v) is 30.3. The van der Waals surface area contributed by atoms with E-state index in [2.05, 4.69) is 32.0 Å². The minimum atomic E-state index is -4.10. The average Bonchev–Trinajstić information content (AvgIpc) is 3.13. The van der Waals surface area contributed by atoms with Gasteiger partial charge in [-0.25, -0.2) is 13.4 Å². The molecule has 1 aromatic heterocycles. The van der Waals surface area contributed by atoms with Crippen molar-refractivity contribution >= 4 is 65.8 Å². The molecule has 0 saturated heterocycles. The van der Waals surface area contributed by atoms with Crippen molar-refractivity contribution < 1.29 is 22.7 Å². The highest BCUT2D eigenvalue weighted by atomic mass is 79.9. The highest BCUT2D eigenvalue weighted by Crippen LogP contribution is 2.38. The maximum Gasteiger partial charge on any atom is 0.265 e. The zero-order chi connectivity index (χ0) is 35.5. The summed E-state index contributed by atoms with van der Waals surface area (Å²) in [5.74, 6) is 1.30. The zero-order valence-electron chi connectivity index (χ0n) is 27.9. The molecule has 0 unspecified atom stereocenters. The van der Waals surface area contributed by atoms with Crippen LogP contribution in [-0.2, 0) is 16.4 Å². The highest BCUT2D eigenvalue weighted by molar-refractivity contribution is 9.10. The van der Waals surface area contributed by atoms with Gasteiger partial charge < -0.3 is 14.8 Å². The van der Waals surface area contributed by atoms with E-state index in [-0.39, 0.29) is 16.6 Å². The SMILES string of the molecule is COc1ccc(NC(=O)c2c3c(nc4ccccc24)/C(=C\c2ccc(Oc4ccccc4)cc2)CCC3)cc1S(=O)(=O)Nc1cc(C)ccc1Br. The van der Waals surface area contributed by atoms with E-state index in [1.807, 2.05) is 91.9 Å². The van der Waals surface area contributed by atoms with Gasteiger partial charge in [0.15, 0.2) is 0 Å². The van der Waals surface area contributed by atoms with E-state index in [4.69, 9.17) is 14.5 Å². The lowest BCUT2D eigenvalue weighted by Gasteiger charge is -2.23. The van der Waals surface area contributed by atoms with E-state index < -0.39 is 10.0 Å². The van der Waals surface area contributed by atoms with Crippen LogP contribution in [0.3, 0.4) is 0 Å². The van der Waals surface area contributed by atoms with Crippen LogP contribution in [0.4, 0.5) is 11.4 Å². The molecule has 0 bridgehead atoms. The predicted octanol–water partition coefficient (Wildman–Crippen LogP) is 10.0. The van der Waals surface area contributed by atoms with Crippen LogP contribution in [0.1, 0.15) is 45.6 Å². The third-order valence-corrected chi connectivity index (χ3v) is 10.8. The fraction of sp³-hybridized carbons (Fsp3) is 0.122. The Labute approximate surface area is 305 Å².